The fourth-order valence-corrected chi connectivity index (χ4v) is 23.2. The fourth-order valence-electron chi connectivity index (χ4n) is 14.5. The number of alkyl halides is 9. The highest BCUT2D eigenvalue weighted by Crippen LogP contribution is 2.53. The number of sulfonamides is 4. The molecule has 27 nitrogen and oxygen atoms in total. The highest BCUT2D eigenvalue weighted by atomic mass is 127. The molecular formula is C80H87BrF13I3N8O19S4. The van der Waals surface area contributed by atoms with E-state index in [0.717, 1.165) is 61.5 Å². The van der Waals surface area contributed by atoms with Crippen LogP contribution in [0.15, 0.2) is 121 Å². The largest absolute Gasteiger partial charge is 0.422 e. The molecule has 4 aliphatic rings. The number of anilines is 4. The van der Waals surface area contributed by atoms with Gasteiger partial charge in [-0.05, 0) is 228 Å². The summed E-state index contributed by atoms with van der Waals surface area (Å²) >= 11 is 8.74. The van der Waals surface area contributed by atoms with E-state index in [2.05, 4.69) is 34.8 Å². The molecule has 11 N–H and O–H groups in total. The smallest absolute Gasteiger partial charge is 0.396 e. The Labute approximate surface area is 774 Å². The van der Waals surface area contributed by atoms with Gasteiger partial charge in [-0.1, -0.05) is 40.2 Å². The summed E-state index contributed by atoms with van der Waals surface area (Å²) in [4.78, 5) is 49.6. The number of nitrogens with one attached hydrogen (secondary N) is 4. The highest BCUT2D eigenvalue weighted by molar-refractivity contribution is 14.1. The van der Waals surface area contributed by atoms with Crippen LogP contribution in [0.1, 0.15) is 144 Å². The average Bonchev–Trinajstić information content (AvgIpc) is 1.58. The second kappa shape index (κ2) is 40.5. The Morgan fingerprint density at radius 3 is 0.914 bits per heavy atom. The Kier molecular flexibility index (Phi) is 33.2. The predicted molar refractivity (Wildman–Crippen MR) is 477 cm³/mol. The number of hydrogen-bond acceptors (Lipinski definition) is 19. The molecule has 704 valence electrons. The van der Waals surface area contributed by atoms with Crippen LogP contribution in [0.25, 0.3) is 0 Å². The highest BCUT2D eigenvalue weighted by Gasteiger charge is 2.59. The maximum absolute atomic E-state index is 14.5. The van der Waals surface area contributed by atoms with Crippen LogP contribution < -0.4 is 41.1 Å². The number of benzene rings is 4. The van der Waals surface area contributed by atoms with Crippen molar-refractivity contribution >= 4 is 147 Å². The second-order valence-electron chi connectivity index (χ2n) is 31.8. The van der Waals surface area contributed by atoms with Crippen molar-refractivity contribution < 1.29 is 126 Å². The van der Waals surface area contributed by atoms with Crippen LogP contribution in [-0.4, -0.2) is 152 Å². The number of aliphatic hydroxyl groups excluding tert-OH is 7. The molecule has 0 saturated heterocycles. The summed E-state index contributed by atoms with van der Waals surface area (Å²) in [6.07, 6.45) is -14.4. The van der Waals surface area contributed by atoms with Gasteiger partial charge in [-0.15, -0.1) is 0 Å². The normalized spacial score (nSPS) is 16.0. The lowest BCUT2D eigenvalue weighted by Crippen LogP contribution is -2.36. The van der Waals surface area contributed by atoms with Gasteiger partial charge in [0.1, 0.15) is 40.0 Å². The van der Waals surface area contributed by atoms with Crippen LogP contribution >= 0.6 is 83.7 Å². The maximum Gasteiger partial charge on any atom is 0.422 e. The minimum Gasteiger partial charge on any atom is -0.396 e. The van der Waals surface area contributed by atoms with E-state index in [4.69, 9.17) is 10.2 Å². The third-order valence-electron chi connectivity index (χ3n) is 22.4. The number of aliphatic hydroxyl groups is 7. The maximum atomic E-state index is 14.5. The lowest BCUT2D eigenvalue weighted by molar-refractivity contribution is -0.140. The first-order valence-electron chi connectivity index (χ1n) is 38.6. The van der Waals surface area contributed by atoms with Crippen molar-refractivity contribution in [3.8, 4) is 0 Å². The van der Waals surface area contributed by atoms with Crippen molar-refractivity contribution in [2.75, 3.05) is 51.9 Å². The predicted octanol–water partition coefficient (Wildman–Crippen LogP) is 11.4. The Balaban J connectivity index is 0.000000193. The summed E-state index contributed by atoms with van der Waals surface area (Å²) in [5, 5.41) is 65.5. The van der Waals surface area contributed by atoms with Crippen LogP contribution in [0.4, 0.5) is 79.8 Å². The lowest BCUT2D eigenvalue weighted by atomic mass is 9.99. The van der Waals surface area contributed by atoms with Crippen LogP contribution in [0.5, 0.6) is 0 Å². The molecule has 0 spiro atoms. The third-order valence-corrected chi connectivity index (χ3v) is 33.8. The summed E-state index contributed by atoms with van der Waals surface area (Å²) in [6, 6.07) is 16.2. The van der Waals surface area contributed by atoms with E-state index in [0.29, 0.717) is 54.8 Å². The van der Waals surface area contributed by atoms with Crippen LogP contribution in [0, 0.1) is 46.8 Å². The van der Waals surface area contributed by atoms with Gasteiger partial charge in [-0.25, -0.2) is 51.2 Å². The van der Waals surface area contributed by atoms with Crippen LogP contribution in [0.3, 0.4) is 0 Å². The van der Waals surface area contributed by atoms with Crippen molar-refractivity contribution in [1.29, 1.82) is 0 Å². The van der Waals surface area contributed by atoms with E-state index in [-0.39, 0.29) is 112 Å². The van der Waals surface area contributed by atoms with Gasteiger partial charge in [0.2, 0.25) is 40.1 Å². The minimum absolute atomic E-state index is 0.0609. The summed E-state index contributed by atoms with van der Waals surface area (Å²) in [6.45, 7) is -0.757. The standard InChI is InChI=1S/C21H26FIN2O5S.C20H21BrF4N2O5S.C20H21F4IN2O5S.C19H19F4IN2O4S/c1-13-17(7-15-3-4-16(23)8-18(15)22)19(10-25(2)20(13)28)24-31(29,30)21(5-6-21)9-14(11-26)12-27;1-27-9-16(26-33(31,32)19(4-5-19)8-13(29)10-28)14(17(18(27)30)20(23,24)25)6-11-2-3-12(21)7-15(11)22;1-27-9-16(26-33(31,32)19(4-5-19)8-13(29)10-28)14(17(18(27)30)20(22,23)24)6-11-2-3-12(25)7-15(11)21;1-26-10-15(25-31(29,30)18(4-5-18)6-7-27)13(16(17(26)28)19(21,22)23)8-11-2-3-12(24)9-14(11)20/h3-4,8,10,14,24,26-27H,5-7,9,11-12H2,1-2H3;2*2-3,7,9,13,26,28-29H,4-6,8,10H2,1H3;2-3,9-10,25,27H,4-8H2,1H3. The van der Waals surface area contributed by atoms with Crippen LogP contribution in [-0.2, 0) is 112 Å². The van der Waals surface area contributed by atoms with Crippen molar-refractivity contribution in [3.05, 3.63) is 244 Å². The molecule has 4 saturated carbocycles. The second-order valence-corrected chi connectivity index (χ2v) is 44.7. The van der Waals surface area contributed by atoms with E-state index in [9.17, 15) is 135 Å². The van der Waals surface area contributed by atoms with E-state index < -0.39 is 225 Å². The molecule has 0 aliphatic heterocycles. The molecule has 0 amide bonds. The zero-order chi connectivity index (χ0) is 95.7. The number of aromatic nitrogens is 4. The molecule has 2 atom stereocenters. The number of pyridine rings is 4. The molecule has 0 bridgehead atoms. The van der Waals surface area contributed by atoms with Gasteiger partial charge in [-0.3, -0.25) is 38.1 Å². The van der Waals surface area contributed by atoms with Gasteiger partial charge in [-0.2, -0.15) is 39.5 Å². The first kappa shape index (κ1) is 105. The first-order valence-corrected chi connectivity index (χ1v) is 48.6. The Bertz CT molecular complexity index is 6080. The SMILES string of the molecule is Cc1c(Cc2ccc(I)cc2F)c(NS(=O)(=O)C2(CC(CO)CO)CC2)cn(C)c1=O.Cn1cc(NS(=O)(=O)C2(CC(O)CO)CC2)c(Cc2ccc(Br)cc2F)c(C(F)(F)F)c1=O.Cn1cc(NS(=O)(=O)C2(CC(O)CO)CC2)c(Cc2ccc(I)cc2F)c(C(F)(F)F)c1=O.Cn1cc(NS(=O)(=O)C2(CCO)CC2)c(Cc2ccc(I)cc2F)c(C(F)(F)F)c1=O. The van der Waals surface area contributed by atoms with Gasteiger partial charge in [0.15, 0.2) is 0 Å². The number of halogens is 17. The van der Waals surface area contributed by atoms with E-state index >= 15 is 0 Å². The van der Waals surface area contributed by atoms with E-state index in [1.165, 1.54) is 60.3 Å². The van der Waals surface area contributed by atoms with Crippen molar-refractivity contribution in [1.82, 2.24) is 18.3 Å². The number of aryl methyl sites for hydroxylation is 4. The van der Waals surface area contributed by atoms with E-state index in [1.54, 1.807) is 19.1 Å². The van der Waals surface area contributed by atoms with E-state index in [1.807, 2.05) is 67.8 Å². The molecule has 2 unspecified atom stereocenters. The lowest BCUT2D eigenvalue weighted by Gasteiger charge is -2.23. The Hall–Kier alpha value is -6.84. The molecule has 128 heavy (non-hydrogen) atoms. The third kappa shape index (κ3) is 24.2. The van der Waals surface area contributed by atoms with Crippen molar-refractivity contribution in [2.24, 2.45) is 34.1 Å². The molecule has 4 aromatic carbocycles. The topological polar surface area (TPSA) is 414 Å². The van der Waals surface area contributed by atoms with Crippen LogP contribution in [0.2, 0.25) is 0 Å². The average molecular weight is 2300 g/mol. The summed E-state index contributed by atoms with van der Waals surface area (Å²) in [7, 11) is -12.0. The minimum atomic E-state index is -5.14. The molecule has 8 aromatic rings. The molecule has 4 fully saturated rings. The molecule has 0 radical (unpaired) electrons. The Morgan fingerprint density at radius 2 is 0.656 bits per heavy atom. The zero-order valence-electron chi connectivity index (χ0n) is 68.2. The van der Waals surface area contributed by atoms with Gasteiger partial charge < -0.3 is 54.0 Å². The van der Waals surface area contributed by atoms with Gasteiger partial charge in [0.25, 0.3) is 22.2 Å². The number of hydrogen-bond donors (Lipinski definition) is 11. The zero-order valence-corrected chi connectivity index (χ0v) is 79.5. The fraction of sp³-hybridized carbons (Fsp3) is 0.450. The summed E-state index contributed by atoms with van der Waals surface area (Å²) < 4.78 is 296. The molecule has 4 aromatic heterocycles. The number of nitrogens with zero attached hydrogens (tertiary/aromatic N) is 4. The molecule has 12 rings (SSSR count). The molecule has 4 aliphatic carbocycles. The first-order chi connectivity index (χ1) is 59.2. The monoisotopic (exact) mass is 2300 g/mol. The Morgan fingerprint density at radius 1 is 0.398 bits per heavy atom. The molecule has 48 heteroatoms. The molecular weight excluding hydrogens is 2210 g/mol. The van der Waals surface area contributed by atoms with Gasteiger partial charge >= 0.3 is 18.5 Å². The van der Waals surface area contributed by atoms with Crippen molar-refractivity contribution in [3.63, 3.8) is 0 Å². The van der Waals surface area contributed by atoms with Gasteiger partial charge in [0.05, 0.1) is 67.2 Å². The summed E-state index contributed by atoms with van der Waals surface area (Å²) in [5.41, 5.74) is -11.8. The molecule has 4 heterocycles. The quantitative estimate of drug-likeness (QED) is 0.0138. The number of rotatable bonds is 32. The van der Waals surface area contributed by atoms with Gasteiger partial charge in [0, 0.05) is 142 Å². The van der Waals surface area contributed by atoms with Crippen molar-refractivity contribution in [2.45, 2.75) is 159 Å². The summed E-state index contributed by atoms with van der Waals surface area (Å²) in [5.74, 6) is -3.35.